The van der Waals surface area contributed by atoms with Gasteiger partial charge in [0.05, 0.1) is 11.0 Å². The van der Waals surface area contributed by atoms with Crippen LogP contribution in [-0.4, -0.2) is 4.57 Å². The van der Waals surface area contributed by atoms with Crippen LogP contribution in [0.5, 0.6) is 0 Å². The maximum Gasteiger partial charge on any atom is 0.0619 e. The summed E-state index contributed by atoms with van der Waals surface area (Å²) in [5, 5.41) is 2.58. The number of aromatic nitrogens is 1. The van der Waals surface area contributed by atoms with Crippen molar-refractivity contribution < 1.29 is 0 Å². The highest BCUT2D eigenvalue weighted by molar-refractivity contribution is 6.17. The Morgan fingerprint density at radius 3 is 1.84 bits per heavy atom. The zero-order valence-corrected chi connectivity index (χ0v) is 16.9. The van der Waals surface area contributed by atoms with Crippen molar-refractivity contribution in [2.24, 2.45) is 0 Å². The van der Waals surface area contributed by atoms with E-state index < -0.39 is 0 Å². The van der Waals surface area contributed by atoms with E-state index in [2.05, 4.69) is 120 Å². The Hall–Kier alpha value is -4.10. The summed E-state index contributed by atoms with van der Waals surface area (Å²) in [7, 11) is 0. The normalized spacial score (nSPS) is 11.9. The Morgan fingerprint density at radius 1 is 0.387 bits per heavy atom. The number of hydrogen-bond donors (Lipinski definition) is 0. The maximum absolute atomic E-state index is 2.42. The second kappa shape index (κ2) is 6.20. The summed E-state index contributed by atoms with van der Waals surface area (Å²) in [6.45, 7) is 0. The minimum atomic E-state index is 1.19. The minimum absolute atomic E-state index is 1.19. The van der Waals surface area contributed by atoms with Crippen molar-refractivity contribution in [3.63, 3.8) is 0 Å². The first kappa shape index (κ1) is 16.7. The quantitative estimate of drug-likeness (QED) is 0.280. The van der Waals surface area contributed by atoms with Gasteiger partial charge in [0.1, 0.15) is 0 Å². The second-order valence-electron chi connectivity index (χ2n) is 8.16. The molecule has 1 heteroatoms. The van der Waals surface area contributed by atoms with Crippen molar-refractivity contribution in [1.29, 1.82) is 0 Å². The fourth-order valence-electron chi connectivity index (χ4n) is 5.25. The van der Waals surface area contributed by atoms with E-state index >= 15 is 0 Å². The van der Waals surface area contributed by atoms with E-state index in [-0.39, 0.29) is 0 Å². The van der Waals surface area contributed by atoms with Crippen LogP contribution in [0.25, 0.3) is 60.9 Å². The number of benzene rings is 5. The van der Waals surface area contributed by atoms with E-state index in [1.54, 1.807) is 0 Å². The molecule has 0 radical (unpaired) electrons. The molecule has 1 heterocycles. The van der Waals surface area contributed by atoms with Crippen LogP contribution in [0.4, 0.5) is 0 Å². The van der Waals surface area contributed by atoms with Gasteiger partial charge in [0.25, 0.3) is 0 Å². The van der Waals surface area contributed by atoms with Gasteiger partial charge >= 0.3 is 0 Å². The average Bonchev–Trinajstić information content (AvgIpc) is 3.17. The third-order valence-electron chi connectivity index (χ3n) is 6.55. The number of nitrogens with zero attached hydrogens (tertiary/aromatic N) is 1. The average molecular weight is 393 g/mol. The zero-order chi connectivity index (χ0) is 20.4. The molecule has 144 valence electrons. The van der Waals surface area contributed by atoms with E-state index in [0.29, 0.717) is 0 Å². The second-order valence-corrected chi connectivity index (χ2v) is 8.16. The number of hydrogen-bond acceptors (Lipinski definition) is 0. The van der Waals surface area contributed by atoms with E-state index in [1.807, 2.05) is 0 Å². The molecule has 1 aliphatic carbocycles. The molecule has 0 saturated carbocycles. The van der Waals surface area contributed by atoms with Crippen molar-refractivity contribution in [1.82, 2.24) is 4.57 Å². The van der Waals surface area contributed by atoms with Crippen LogP contribution >= 0.6 is 0 Å². The maximum atomic E-state index is 2.42. The molecule has 1 aliphatic rings. The molecule has 0 unspecified atom stereocenters. The SMILES string of the molecule is c1ccc(-n2c3ccccc3c3cccc(-c4cccc5c4-c4ccccc4-5)c32)cc1. The van der Waals surface area contributed by atoms with E-state index in [9.17, 15) is 0 Å². The molecule has 6 aromatic rings. The first-order valence-corrected chi connectivity index (χ1v) is 10.7. The van der Waals surface area contributed by atoms with Gasteiger partial charge in [0, 0.05) is 22.0 Å². The highest BCUT2D eigenvalue weighted by Crippen LogP contribution is 2.52. The predicted molar refractivity (Wildman–Crippen MR) is 131 cm³/mol. The molecule has 0 aliphatic heterocycles. The van der Waals surface area contributed by atoms with Crippen molar-refractivity contribution >= 4 is 21.8 Å². The summed E-state index contributed by atoms with van der Waals surface area (Å²) in [5.74, 6) is 0. The summed E-state index contributed by atoms with van der Waals surface area (Å²) in [6, 6.07) is 41.6. The molecule has 1 aromatic heterocycles. The molecule has 0 bridgehead atoms. The van der Waals surface area contributed by atoms with Crippen molar-refractivity contribution in [3.8, 4) is 39.1 Å². The van der Waals surface area contributed by atoms with Gasteiger partial charge in [-0.2, -0.15) is 0 Å². The van der Waals surface area contributed by atoms with Gasteiger partial charge in [0.15, 0.2) is 0 Å². The minimum Gasteiger partial charge on any atom is -0.309 e. The van der Waals surface area contributed by atoms with Crippen LogP contribution in [0.2, 0.25) is 0 Å². The number of rotatable bonds is 2. The van der Waals surface area contributed by atoms with Crippen molar-refractivity contribution in [2.45, 2.75) is 0 Å². The lowest BCUT2D eigenvalue weighted by Gasteiger charge is -2.27. The summed E-state index contributed by atoms with van der Waals surface area (Å²) < 4.78 is 2.42. The summed E-state index contributed by atoms with van der Waals surface area (Å²) >= 11 is 0. The highest BCUT2D eigenvalue weighted by Gasteiger charge is 2.26. The zero-order valence-electron chi connectivity index (χ0n) is 16.9. The molecule has 0 fully saturated rings. The molecular formula is C30H19N. The van der Waals surface area contributed by atoms with Gasteiger partial charge in [-0.3, -0.25) is 0 Å². The van der Waals surface area contributed by atoms with Gasteiger partial charge in [-0.15, -0.1) is 0 Å². The standard InChI is InChI=1S/C30H19N/c1-2-10-20(11-3-1)31-28-19-7-6-13-22(28)26-17-9-18-27(30(26)31)25-16-8-15-24-21-12-4-5-14-23(21)29(24)25/h1-19H. The van der Waals surface area contributed by atoms with Crippen LogP contribution < -0.4 is 0 Å². The molecule has 0 saturated heterocycles. The fraction of sp³-hybridized carbons (Fsp3) is 0. The largest absolute Gasteiger partial charge is 0.309 e. The number of para-hydroxylation sites is 3. The topological polar surface area (TPSA) is 4.93 Å². The fourth-order valence-corrected chi connectivity index (χ4v) is 5.25. The van der Waals surface area contributed by atoms with Crippen LogP contribution in [0.15, 0.2) is 115 Å². The van der Waals surface area contributed by atoms with Gasteiger partial charge in [-0.1, -0.05) is 97.1 Å². The third-order valence-corrected chi connectivity index (χ3v) is 6.55. The first-order valence-electron chi connectivity index (χ1n) is 10.7. The molecule has 31 heavy (non-hydrogen) atoms. The van der Waals surface area contributed by atoms with Gasteiger partial charge in [-0.05, 0) is 46.0 Å². The van der Waals surface area contributed by atoms with Gasteiger partial charge in [-0.25, -0.2) is 0 Å². The lowest BCUT2D eigenvalue weighted by molar-refractivity contribution is 1.18. The molecule has 0 N–H and O–H groups in total. The molecule has 0 atom stereocenters. The Bertz CT molecular complexity index is 1620. The lowest BCUT2D eigenvalue weighted by atomic mass is 9.76. The Kier molecular flexibility index (Phi) is 3.33. The van der Waals surface area contributed by atoms with E-state index in [0.717, 1.165) is 0 Å². The first-order chi connectivity index (χ1) is 15.4. The molecule has 0 spiro atoms. The third kappa shape index (κ3) is 2.21. The van der Waals surface area contributed by atoms with Crippen molar-refractivity contribution in [3.05, 3.63) is 115 Å². The van der Waals surface area contributed by atoms with Crippen LogP contribution in [0.1, 0.15) is 0 Å². The Labute approximate surface area is 180 Å². The summed E-state index contributed by atoms with van der Waals surface area (Å²) in [5.41, 5.74) is 11.7. The summed E-state index contributed by atoms with van der Waals surface area (Å²) in [4.78, 5) is 0. The Morgan fingerprint density at radius 2 is 0.968 bits per heavy atom. The molecule has 1 nitrogen and oxygen atoms in total. The Balaban J connectivity index is 1.62. The van der Waals surface area contributed by atoms with Crippen LogP contribution in [0, 0.1) is 0 Å². The van der Waals surface area contributed by atoms with Crippen LogP contribution in [0.3, 0.4) is 0 Å². The van der Waals surface area contributed by atoms with Gasteiger partial charge < -0.3 is 4.57 Å². The smallest absolute Gasteiger partial charge is 0.0619 e. The van der Waals surface area contributed by atoms with E-state index in [4.69, 9.17) is 0 Å². The monoisotopic (exact) mass is 393 g/mol. The summed E-state index contributed by atoms with van der Waals surface area (Å²) in [6.07, 6.45) is 0. The molecular weight excluding hydrogens is 374 g/mol. The lowest BCUT2D eigenvalue weighted by Crippen LogP contribution is -2.01. The van der Waals surface area contributed by atoms with E-state index in [1.165, 1.54) is 60.9 Å². The van der Waals surface area contributed by atoms with Gasteiger partial charge in [0.2, 0.25) is 0 Å². The molecule has 5 aromatic carbocycles. The van der Waals surface area contributed by atoms with Crippen molar-refractivity contribution in [2.75, 3.05) is 0 Å². The predicted octanol–water partition coefficient (Wildman–Crippen LogP) is 8.10. The molecule has 7 rings (SSSR count). The highest BCUT2D eigenvalue weighted by atomic mass is 15.0. The van der Waals surface area contributed by atoms with Crippen LogP contribution in [-0.2, 0) is 0 Å². The number of fused-ring (bicyclic) bond motifs is 7. The molecule has 0 amide bonds.